The van der Waals surface area contributed by atoms with E-state index in [1.165, 1.54) is 35.3 Å². The largest absolute Gasteiger partial charge is 0.494 e. The quantitative estimate of drug-likeness (QED) is 0.117. The summed E-state index contributed by atoms with van der Waals surface area (Å²) in [5.41, 5.74) is 3.42. The van der Waals surface area contributed by atoms with Crippen molar-refractivity contribution in [1.29, 1.82) is 0 Å². The summed E-state index contributed by atoms with van der Waals surface area (Å²) in [6.45, 7) is 7.57. The molecule has 37 heavy (non-hydrogen) atoms. The summed E-state index contributed by atoms with van der Waals surface area (Å²) in [4.78, 5) is 23.8. The zero-order valence-corrected chi connectivity index (χ0v) is 23.4. The van der Waals surface area contributed by atoms with Crippen LogP contribution in [0.1, 0.15) is 55.5 Å². The third-order valence-corrected chi connectivity index (χ3v) is 8.94. The van der Waals surface area contributed by atoms with Crippen molar-refractivity contribution in [2.24, 2.45) is 0 Å². The summed E-state index contributed by atoms with van der Waals surface area (Å²) in [7, 11) is 0. The van der Waals surface area contributed by atoms with Crippen molar-refractivity contribution in [3.63, 3.8) is 0 Å². The highest BCUT2D eigenvalue weighted by molar-refractivity contribution is 7.99. The summed E-state index contributed by atoms with van der Waals surface area (Å²) < 4.78 is 7.46. The fourth-order valence-corrected chi connectivity index (χ4v) is 7.24. The van der Waals surface area contributed by atoms with E-state index in [1.54, 1.807) is 23.1 Å². The highest BCUT2D eigenvalue weighted by Gasteiger charge is 2.25. The van der Waals surface area contributed by atoms with E-state index in [-0.39, 0.29) is 5.56 Å². The minimum absolute atomic E-state index is 0.0548. The first kappa shape index (κ1) is 26.0. The number of fused-ring (bicyclic) bond motifs is 3. The van der Waals surface area contributed by atoms with Gasteiger partial charge in [-0.05, 0) is 55.2 Å². The fourth-order valence-electron chi connectivity index (χ4n) is 4.93. The maximum atomic E-state index is 14.1. The number of hydrogen-bond acceptors (Lipinski definition) is 6. The number of nitrogens with zero attached hydrogens (tertiary/aromatic N) is 3. The molecule has 0 bridgehead atoms. The van der Waals surface area contributed by atoms with Gasteiger partial charge in [0.2, 0.25) is 0 Å². The van der Waals surface area contributed by atoms with Crippen LogP contribution in [0, 0.1) is 0 Å². The molecule has 1 aliphatic rings. The lowest BCUT2D eigenvalue weighted by atomic mass is 10.0. The zero-order chi connectivity index (χ0) is 25.6. The molecule has 0 unspecified atom stereocenters. The van der Waals surface area contributed by atoms with E-state index in [4.69, 9.17) is 9.72 Å². The Balaban J connectivity index is 1.49. The molecule has 4 aromatic rings. The van der Waals surface area contributed by atoms with Crippen molar-refractivity contribution in [3.05, 3.63) is 81.0 Å². The normalized spacial score (nSPS) is 13.7. The topological polar surface area (TPSA) is 47.4 Å². The molecule has 5 rings (SSSR count). The molecule has 0 fully saturated rings. The monoisotopic (exact) mass is 533 g/mol. The number of aromatic nitrogens is 2. The molecule has 0 aliphatic carbocycles. The van der Waals surface area contributed by atoms with Crippen LogP contribution in [0.2, 0.25) is 0 Å². The van der Waals surface area contributed by atoms with Crippen molar-refractivity contribution in [2.75, 3.05) is 18.9 Å². The van der Waals surface area contributed by atoms with Crippen LogP contribution < -0.4 is 10.3 Å². The van der Waals surface area contributed by atoms with Crippen molar-refractivity contribution in [2.45, 2.75) is 64.2 Å². The summed E-state index contributed by atoms with van der Waals surface area (Å²) in [6.07, 6.45) is 5.68. The third kappa shape index (κ3) is 5.95. The zero-order valence-electron chi connectivity index (χ0n) is 21.7. The third-order valence-electron chi connectivity index (χ3n) is 6.81. The Hall–Kier alpha value is -2.61. The van der Waals surface area contributed by atoms with Gasteiger partial charge in [0.05, 0.1) is 17.7 Å². The number of thiophene rings is 1. The second-order valence-electron chi connectivity index (χ2n) is 9.50. The van der Waals surface area contributed by atoms with Crippen LogP contribution in [-0.4, -0.2) is 33.4 Å². The van der Waals surface area contributed by atoms with Crippen LogP contribution >= 0.6 is 23.1 Å². The Kier molecular flexibility index (Phi) is 8.64. The Labute approximate surface area is 227 Å². The minimum Gasteiger partial charge on any atom is -0.494 e. The molecule has 2 aromatic carbocycles. The lowest BCUT2D eigenvalue weighted by Gasteiger charge is -2.26. The van der Waals surface area contributed by atoms with E-state index in [0.29, 0.717) is 6.61 Å². The molecule has 5 nitrogen and oxygen atoms in total. The molecule has 0 atom stereocenters. The predicted molar refractivity (Wildman–Crippen MR) is 156 cm³/mol. The van der Waals surface area contributed by atoms with Gasteiger partial charge in [-0.1, -0.05) is 68.3 Å². The molecule has 0 spiro atoms. The van der Waals surface area contributed by atoms with Crippen molar-refractivity contribution < 1.29 is 4.74 Å². The second kappa shape index (κ2) is 12.3. The van der Waals surface area contributed by atoms with E-state index in [1.807, 2.05) is 35.8 Å². The van der Waals surface area contributed by atoms with Gasteiger partial charge in [0, 0.05) is 30.3 Å². The molecule has 7 heteroatoms. The fraction of sp³-hybridized carbons (Fsp3) is 0.400. The van der Waals surface area contributed by atoms with Gasteiger partial charge in [0.25, 0.3) is 5.56 Å². The predicted octanol–water partition coefficient (Wildman–Crippen LogP) is 7.08. The van der Waals surface area contributed by atoms with Crippen LogP contribution in [0.5, 0.6) is 5.75 Å². The minimum atomic E-state index is 0.0548. The molecule has 0 N–H and O–H groups in total. The number of ether oxygens (including phenoxy) is 1. The summed E-state index contributed by atoms with van der Waals surface area (Å²) in [5.74, 6) is 1.78. The maximum absolute atomic E-state index is 14.1. The molecule has 0 saturated heterocycles. The Morgan fingerprint density at radius 1 is 1.03 bits per heavy atom. The summed E-state index contributed by atoms with van der Waals surface area (Å²) in [5, 5.41) is 1.60. The van der Waals surface area contributed by atoms with Gasteiger partial charge in [-0.15, -0.1) is 11.3 Å². The Morgan fingerprint density at radius 2 is 1.84 bits per heavy atom. The van der Waals surface area contributed by atoms with Crippen molar-refractivity contribution in [1.82, 2.24) is 14.5 Å². The van der Waals surface area contributed by atoms with Gasteiger partial charge < -0.3 is 4.74 Å². The molecule has 0 amide bonds. The molecular formula is C30H35N3O2S2. The number of thioether (sulfide) groups is 1. The van der Waals surface area contributed by atoms with Crippen LogP contribution in [0.4, 0.5) is 0 Å². The number of rotatable bonds is 11. The average molecular weight is 534 g/mol. The van der Waals surface area contributed by atoms with Gasteiger partial charge in [0.15, 0.2) is 5.16 Å². The van der Waals surface area contributed by atoms with Crippen LogP contribution in [0.15, 0.2) is 64.5 Å². The number of benzene rings is 2. The van der Waals surface area contributed by atoms with Crippen molar-refractivity contribution in [3.8, 4) is 11.4 Å². The lowest BCUT2D eigenvalue weighted by Crippen LogP contribution is -2.30. The lowest BCUT2D eigenvalue weighted by molar-refractivity contribution is 0.249. The average Bonchev–Trinajstić information content (AvgIpc) is 3.28. The summed E-state index contributed by atoms with van der Waals surface area (Å²) in [6, 6.07) is 18.4. The smallest absolute Gasteiger partial charge is 0.267 e. The SMILES string of the molecule is CCCCCCSc1nc2sc3c(c2c(=O)n1-c1ccc(OCC)cc1)CCN(Cc1ccccc1)C3. The molecule has 2 aromatic heterocycles. The Bertz CT molecular complexity index is 1380. The van der Waals surface area contributed by atoms with Crippen molar-refractivity contribution >= 4 is 33.3 Å². The first-order valence-electron chi connectivity index (χ1n) is 13.4. The highest BCUT2D eigenvalue weighted by atomic mass is 32.2. The molecule has 1 aliphatic heterocycles. The van der Waals surface area contributed by atoms with Gasteiger partial charge in [-0.2, -0.15) is 0 Å². The molecule has 3 heterocycles. The van der Waals surface area contributed by atoms with Gasteiger partial charge in [-0.25, -0.2) is 4.98 Å². The standard InChI is InChI=1S/C30H35N3O2S2/c1-3-5-6-10-19-36-30-31-28-27(29(34)33(30)23-13-15-24(16-14-23)35-4-2)25-17-18-32(21-26(25)37-28)20-22-11-8-7-9-12-22/h7-9,11-16H,3-6,10,17-21H2,1-2H3. The molecule has 0 saturated carbocycles. The second-order valence-corrected chi connectivity index (χ2v) is 11.6. The molecule has 0 radical (unpaired) electrons. The van der Waals surface area contributed by atoms with E-state index in [0.717, 1.165) is 65.0 Å². The first-order valence-corrected chi connectivity index (χ1v) is 15.2. The highest BCUT2D eigenvalue weighted by Crippen LogP contribution is 2.35. The van der Waals surface area contributed by atoms with E-state index in [9.17, 15) is 4.79 Å². The van der Waals surface area contributed by atoms with Crippen LogP contribution in [0.3, 0.4) is 0 Å². The number of hydrogen-bond donors (Lipinski definition) is 0. The summed E-state index contributed by atoms with van der Waals surface area (Å²) >= 11 is 3.40. The molecular weight excluding hydrogens is 498 g/mol. The van der Waals surface area contributed by atoms with E-state index >= 15 is 0 Å². The van der Waals surface area contributed by atoms with Gasteiger partial charge in [-0.3, -0.25) is 14.3 Å². The maximum Gasteiger partial charge on any atom is 0.267 e. The van der Waals surface area contributed by atoms with E-state index in [2.05, 4.69) is 42.2 Å². The van der Waals surface area contributed by atoms with Crippen LogP contribution in [-0.2, 0) is 19.5 Å². The van der Waals surface area contributed by atoms with E-state index < -0.39 is 0 Å². The van der Waals surface area contributed by atoms with Gasteiger partial charge >= 0.3 is 0 Å². The van der Waals surface area contributed by atoms with Gasteiger partial charge in [0.1, 0.15) is 10.6 Å². The Morgan fingerprint density at radius 3 is 2.59 bits per heavy atom. The molecule has 194 valence electrons. The van der Waals surface area contributed by atoms with Crippen LogP contribution in [0.25, 0.3) is 15.9 Å². The number of unbranched alkanes of at least 4 members (excludes halogenated alkanes) is 3. The first-order chi connectivity index (χ1) is 18.2.